The second kappa shape index (κ2) is 8.10. The van der Waals surface area contributed by atoms with Crippen molar-refractivity contribution in [3.8, 4) is 0 Å². The van der Waals surface area contributed by atoms with E-state index in [1.807, 2.05) is 0 Å². The quantitative estimate of drug-likeness (QED) is 0.381. The molecule has 3 nitrogen and oxygen atoms in total. The third kappa shape index (κ3) is 3.69. The molecule has 0 amide bonds. The van der Waals surface area contributed by atoms with Crippen LogP contribution in [0.15, 0.2) is 11.6 Å². The largest absolute Gasteiger partial charge is 0.462 e. The van der Waals surface area contributed by atoms with Crippen molar-refractivity contribution in [3.05, 3.63) is 11.6 Å². The molecule has 8 atom stereocenters. The van der Waals surface area contributed by atoms with Gasteiger partial charge in [0.1, 0.15) is 11.9 Å². The van der Waals surface area contributed by atoms with Crippen molar-refractivity contribution in [2.75, 3.05) is 0 Å². The van der Waals surface area contributed by atoms with Gasteiger partial charge < -0.3 is 9.53 Å². The minimum absolute atomic E-state index is 0.0882. The highest BCUT2D eigenvalue weighted by molar-refractivity contribution is 5.75. The highest BCUT2D eigenvalue weighted by Gasteiger charge is 2.59. The van der Waals surface area contributed by atoms with E-state index >= 15 is 0 Å². The summed E-state index contributed by atoms with van der Waals surface area (Å²) in [5.74, 6) is 4.08. The highest BCUT2D eigenvalue weighted by atomic mass is 16.5. The molecular formula is C27H42O3. The molecule has 0 aromatic carbocycles. The van der Waals surface area contributed by atoms with Crippen LogP contribution in [0.4, 0.5) is 0 Å². The van der Waals surface area contributed by atoms with Gasteiger partial charge in [0.15, 0.2) is 0 Å². The summed E-state index contributed by atoms with van der Waals surface area (Å²) in [6.07, 6.45) is 14.2. The Kier molecular flexibility index (Phi) is 5.96. The molecule has 4 aliphatic rings. The zero-order valence-electron chi connectivity index (χ0n) is 19.8. The zero-order valence-corrected chi connectivity index (χ0v) is 19.8. The molecule has 4 rings (SSSR count). The maximum atomic E-state index is 11.5. The summed E-state index contributed by atoms with van der Waals surface area (Å²) in [7, 11) is 0. The molecule has 0 N–H and O–H groups in total. The summed E-state index contributed by atoms with van der Waals surface area (Å²) in [6, 6.07) is 0. The Labute approximate surface area is 183 Å². The molecule has 0 spiro atoms. The number of carbonyl (C=O) groups excluding carboxylic acids is 2. The molecule has 0 saturated heterocycles. The first-order valence-electron chi connectivity index (χ1n) is 12.5. The normalized spacial score (nSPS) is 43.6. The molecule has 30 heavy (non-hydrogen) atoms. The fourth-order valence-corrected chi connectivity index (χ4v) is 8.57. The molecule has 3 fully saturated rings. The van der Waals surface area contributed by atoms with E-state index in [9.17, 15) is 9.59 Å². The molecular weight excluding hydrogens is 372 g/mol. The smallest absolute Gasteiger partial charge is 0.302 e. The highest BCUT2D eigenvalue weighted by Crippen LogP contribution is 2.67. The number of Topliss-reactive ketones (excluding diaryl/α,β-unsaturated/α-hetero) is 1. The van der Waals surface area contributed by atoms with Crippen LogP contribution in [0.25, 0.3) is 0 Å². The first-order valence-corrected chi connectivity index (χ1v) is 12.5. The van der Waals surface area contributed by atoms with Crippen molar-refractivity contribution in [2.24, 2.45) is 40.4 Å². The van der Waals surface area contributed by atoms with Gasteiger partial charge >= 0.3 is 5.97 Å². The van der Waals surface area contributed by atoms with Crippen LogP contribution >= 0.6 is 0 Å². The summed E-state index contributed by atoms with van der Waals surface area (Å²) in [6.45, 7) is 10.8. The number of fused-ring (bicyclic) bond motifs is 5. The van der Waals surface area contributed by atoms with Crippen LogP contribution in [-0.2, 0) is 14.3 Å². The van der Waals surface area contributed by atoms with Crippen molar-refractivity contribution >= 4 is 11.8 Å². The number of rotatable bonds is 5. The van der Waals surface area contributed by atoms with E-state index < -0.39 is 0 Å². The van der Waals surface area contributed by atoms with Crippen LogP contribution in [-0.4, -0.2) is 17.9 Å². The molecule has 0 aromatic heterocycles. The van der Waals surface area contributed by atoms with Gasteiger partial charge in [-0.15, -0.1) is 0 Å². The molecule has 1 unspecified atom stereocenters. The van der Waals surface area contributed by atoms with Crippen LogP contribution < -0.4 is 0 Å². The first-order chi connectivity index (χ1) is 14.1. The SMILES string of the molecule is CC(=O)CC[C@@H](C)[C@H]1CC[C@H]2[C@@H]3CC=C4CC(OC(C)=O)CC[C@]4(C)[C@H]3CC[C@]12C. The second-order valence-corrected chi connectivity index (χ2v) is 11.7. The number of ketones is 1. The second-order valence-electron chi connectivity index (χ2n) is 11.7. The predicted octanol–water partition coefficient (Wildman–Crippen LogP) is 6.50. The predicted molar refractivity (Wildman–Crippen MR) is 120 cm³/mol. The lowest BCUT2D eigenvalue weighted by Gasteiger charge is -2.58. The van der Waals surface area contributed by atoms with Crippen LogP contribution in [0, 0.1) is 40.4 Å². The number of carbonyl (C=O) groups is 2. The Bertz CT molecular complexity index is 724. The summed E-state index contributed by atoms with van der Waals surface area (Å²) in [5, 5.41) is 0. The Balaban J connectivity index is 1.51. The van der Waals surface area contributed by atoms with Gasteiger partial charge in [0.2, 0.25) is 0 Å². The number of ether oxygens (including phenoxy) is 1. The topological polar surface area (TPSA) is 43.4 Å². The van der Waals surface area contributed by atoms with Crippen molar-refractivity contribution in [1.82, 2.24) is 0 Å². The molecule has 3 saturated carbocycles. The van der Waals surface area contributed by atoms with Crippen LogP contribution in [0.2, 0.25) is 0 Å². The molecule has 0 radical (unpaired) electrons. The fourth-order valence-electron chi connectivity index (χ4n) is 8.57. The Morgan fingerprint density at radius 1 is 1.10 bits per heavy atom. The minimum Gasteiger partial charge on any atom is -0.462 e. The summed E-state index contributed by atoms with van der Waals surface area (Å²) in [4.78, 5) is 23.0. The van der Waals surface area contributed by atoms with Crippen molar-refractivity contribution in [3.63, 3.8) is 0 Å². The minimum atomic E-state index is -0.137. The Morgan fingerprint density at radius 2 is 1.87 bits per heavy atom. The lowest BCUT2D eigenvalue weighted by atomic mass is 9.47. The van der Waals surface area contributed by atoms with E-state index in [0.29, 0.717) is 22.5 Å². The lowest BCUT2D eigenvalue weighted by Crippen LogP contribution is -2.51. The van der Waals surface area contributed by atoms with Crippen molar-refractivity contribution < 1.29 is 14.3 Å². The molecule has 3 heteroatoms. The Hall–Kier alpha value is -1.12. The molecule has 168 valence electrons. The summed E-state index contributed by atoms with van der Waals surface area (Å²) < 4.78 is 5.58. The van der Waals surface area contributed by atoms with Crippen LogP contribution in [0.1, 0.15) is 98.8 Å². The average Bonchev–Trinajstić information content (AvgIpc) is 3.03. The fraction of sp³-hybridized carbons (Fsp3) is 0.852. The lowest BCUT2D eigenvalue weighted by molar-refractivity contribution is -0.148. The van der Waals surface area contributed by atoms with Crippen molar-refractivity contribution in [2.45, 2.75) is 105 Å². The van der Waals surface area contributed by atoms with Crippen LogP contribution in [0.3, 0.4) is 0 Å². The Morgan fingerprint density at radius 3 is 2.57 bits per heavy atom. The van der Waals surface area contributed by atoms with E-state index in [4.69, 9.17) is 4.74 Å². The zero-order chi connectivity index (χ0) is 21.7. The molecule has 0 aromatic rings. The van der Waals surface area contributed by atoms with Gasteiger partial charge in [-0.3, -0.25) is 4.79 Å². The third-order valence-corrected chi connectivity index (χ3v) is 10.1. The summed E-state index contributed by atoms with van der Waals surface area (Å²) in [5.41, 5.74) is 2.34. The molecule has 4 aliphatic carbocycles. The van der Waals surface area contributed by atoms with Gasteiger partial charge in [-0.25, -0.2) is 0 Å². The van der Waals surface area contributed by atoms with Gasteiger partial charge in [0.25, 0.3) is 0 Å². The van der Waals surface area contributed by atoms with Crippen LogP contribution in [0.5, 0.6) is 0 Å². The van der Waals surface area contributed by atoms with E-state index in [0.717, 1.165) is 49.4 Å². The molecule has 0 bridgehead atoms. The maximum absolute atomic E-state index is 11.5. The third-order valence-electron chi connectivity index (χ3n) is 10.1. The van der Waals surface area contributed by atoms with E-state index in [-0.39, 0.29) is 12.1 Å². The first kappa shape index (κ1) is 22.1. The van der Waals surface area contributed by atoms with Crippen molar-refractivity contribution in [1.29, 1.82) is 0 Å². The number of hydrogen-bond donors (Lipinski definition) is 0. The van der Waals surface area contributed by atoms with E-state index in [2.05, 4.69) is 26.8 Å². The van der Waals surface area contributed by atoms with Gasteiger partial charge in [-0.2, -0.15) is 0 Å². The average molecular weight is 415 g/mol. The van der Waals surface area contributed by atoms with E-state index in [1.165, 1.54) is 45.4 Å². The number of hydrogen-bond acceptors (Lipinski definition) is 3. The van der Waals surface area contributed by atoms with Gasteiger partial charge in [-0.1, -0.05) is 32.4 Å². The maximum Gasteiger partial charge on any atom is 0.302 e. The number of allylic oxidation sites excluding steroid dienone is 1. The molecule has 0 heterocycles. The summed E-state index contributed by atoms with van der Waals surface area (Å²) >= 11 is 0. The standard InChI is InChI=1S/C27H42O3/c1-17(6-7-18(2)28)23-10-11-24-22-9-8-20-16-21(30-19(3)29)12-14-26(20,4)25(22)13-15-27(23,24)5/h8,17,21-25H,6-7,9-16H2,1-5H3/t17-,21?,22+,23-,24+,25+,26+,27-/m1/s1. The van der Waals surface area contributed by atoms with Gasteiger partial charge in [0.05, 0.1) is 0 Å². The van der Waals surface area contributed by atoms with Gasteiger partial charge in [0, 0.05) is 19.8 Å². The number of esters is 1. The van der Waals surface area contributed by atoms with Gasteiger partial charge in [-0.05, 0) is 98.7 Å². The van der Waals surface area contributed by atoms with E-state index in [1.54, 1.807) is 12.5 Å². The molecule has 0 aliphatic heterocycles. The monoisotopic (exact) mass is 414 g/mol.